The summed E-state index contributed by atoms with van der Waals surface area (Å²) in [5.41, 5.74) is 5.14. The number of hydrogen-bond donors (Lipinski definition) is 1. The molecule has 0 aromatic heterocycles. The molecule has 0 fully saturated rings. The van der Waals surface area contributed by atoms with Gasteiger partial charge in [0, 0.05) is 18.2 Å². The topological polar surface area (TPSA) is 69.2 Å². The third-order valence-electron chi connectivity index (χ3n) is 1.96. The standard InChI is InChI=1S/C9H9F3N2O2.ClH/c10-9(11,12)5-8(13)6-2-1-3-7(4-6)14(15)16;/h1-4,8H,5,13H2;1H/t8-;/m0./s1. The van der Waals surface area contributed by atoms with E-state index < -0.39 is 23.6 Å². The average Bonchev–Trinajstić information content (AvgIpc) is 2.15. The molecule has 96 valence electrons. The lowest BCUT2D eigenvalue weighted by atomic mass is 10.0. The van der Waals surface area contributed by atoms with Crippen molar-refractivity contribution in [3.63, 3.8) is 0 Å². The zero-order valence-electron chi connectivity index (χ0n) is 8.48. The Morgan fingerprint density at radius 3 is 2.47 bits per heavy atom. The SMILES string of the molecule is Cl.N[C@@H](CC(F)(F)F)c1cccc([N+](=O)[O-])c1. The van der Waals surface area contributed by atoms with Crippen LogP contribution in [0.3, 0.4) is 0 Å². The number of nitrogens with zero attached hydrogens (tertiary/aromatic N) is 1. The second-order valence-corrected chi connectivity index (χ2v) is 3.28. The van der Waals surface area contributed by atoms with Gasteiger partial charge in [-0.2, -0.15) is 13.2 Å². The summed E-state index contributed by atoms with van der Waals surface area (Å²) in [4.78, 5) is 9.73. The van der Waals surface area contributed by atoms with Gasteiger partial charge in [-0.3, -0.25) is 10.1 Å². The number of alkyl halides is 3. The minimum atomic E-state index is -4.38. The van der Waals surface area contributed by atoms with E-state index in [4.69, 9.17) is 5.73 Å². The zero-order chi connectivity index (χ0) is 12.3. The van der Waals surface area contributed by atoms with Crippen molar-refractivity contribution in [1.29, 1.82) is 0 Å². The summed E-state index contributed by atoms with van der Waals surface area (Å²) in [7, 11) is 0. The average molecular weight is 271 g/mol. The van der Waals surface area contributed by atoms with Crippen LogP contribution in [0.2, 0.25) is 0 Å². The van der Waals surface area contributed by atoms with Gasteiger partial charge in [0.25, 0.3) is 5.69 Å². The molecule has 0 aliphatic carbocycles. The van der Waals surface area contributed by atoms with Gasteiger partial charge in [0.1, 0.15) is 0 Å². The highest BCUT2D eigenvalue weighted by molar-refractivity contribution is 5.85. The van der Waals surface area contributed by atoms with Crippen LogP contribution < -0.4 is 5.73 Å². The van der Waals surface area contributed by atoms with E-state index in [2.05, 4.69) is 0 Å². The van der Waals surface area contributed by atoms with Crippen molar-refractivity contribution >= 4 is 18.1 Å². The van der Waals surface area contributed by atoms with Gasteiger partial charge in [0.2, 0.25) is 0 Å². The maximum absolute atomic E-state index is 12.0. The lowest BCUT2D eigenvalue weighted by Gasteiger charge is -2.13. The van der Waals surface area contributed by atoms with E-state index in [1.807, 2.05) is 0 Å². The van der Waals surface area contributed by atoms with Crippen molar-refractivity contribution in [2.45, 2.75) is 18.6 Å². The Hall–Kier alpha value is -1.34. The summed E-state index contributed by atoms with van der Waals surface area (Å²) in [6.07, 6.45) is -5.59. The van der Waals surface area contributed by atoms with Crippen LogP contribution in [-0.2, 0) is 0 Å². The summed E-state index contributed by atoms with van der Waals surface area (Å²) in [5.74, 6) is 0. The lowest BCUT2D eigenvalue weighted by Crippen LogP contribution is -2.20. The minimum Gasteiger partial charge on any atom is -0.324 e. The molecular weight excluding hydrogens is 261 g/mol. The summed E-state index contributed by atoms with van der Waals surface area (Å²) in [6, 6.07) is 3.62. The maximum atomic E-state index is 12.0. The van der Waals surface area contributed by atoms with Crippen LogP contribution in [0.15, 0.2) is 24.3 Å². The molecule has 0 saturated carbocycles. The van der Waals surface area contributed by atoms with E-state index in [1.165, 1.54) is 18.2 Å². The van der Waals surface area contributed by atoms with Crippen molar-refractivity contribution in [2.75, 3.05) is 0 Å². The molecule has 0 heterocycles. The Kier molecular flexibility index (Phi) is 5.37. The lowest BCUT2D eigenvalue weighted by molar-refractivity contribution is -0.384. The molecule has 0 saturated heterocycles. The van der Waals surface area contributed by atoms with Crippen LogP contribution in [0.5, 0.6) is 0 Å². The van der Waals surface area contributed by atoms with Crippen LogP contribution in [-0.4, -0.2) is 11.1 Å². The zero-order valence-corrected chi connectivity index (χ0v) is 9.29. The fraction of sp³-hybridized carbons (Fsp3) is 0.333. The van der Waals surface area contributed by atoms with Gasteiger partial charge in [-0.1, -0.05) is 12.1 Å². The molecular formula is C9H10ClF3N2O2. The first-order valence-electron chi connectivity index (χ1n) is 4.36. The van der Waals surface area contributed by atoms with E-state index in [1.54, 1.807) is 0 Å². The molecule has 0 radical (unpaired) electrons. The summed E-state index contributed by atoms with van der Waals surface area (Å²) < 4.78 is 36.1. The monoisotopic (exact) mass is 270 g/mol. The summed E-state index contributed by atoms with van der Waals surface area (Å²) in [6.45, 7) is 0. The van der Waals surface area contributed by atoms with Crippen LogP contribution in [0.25, 0.3) is 0 Å². The molecule has 4 nitrogen and oxygen atoms in total. The molecule has 1 aromatic rings. The van der Waals surface area contributed by atoms with E-state index in [9.17, 15) is 23.3 Å². The number of halogens is 4. The first-order valence-corrected chi connectivity index (χ1v) is 4.36. The number of rotatable bonds is 3. The van der Waals surface area contributed by atoms with E-state index in [0.717, 1.165) is 6.07 Å². The van der Waals surface area contributed by atoms with Crippen molar-refractivity contribution < 1.29 is 18.1 Å². The minimum absolute atomic E-state index is 0. The molecule has 0 bridgehead atoms. The van der Waals surface area contributed by atoms with Gasteiger partial charge in [0.05, 0.1) is 11.3 Å². The number of benzene rings is 1. The van der Waals surface area contributed by atoms with Gasteiger partial charge >= 0.3 is 6.18 Å². The Bertz CT molecular complexity index is 398. The maximum Gasteiger partial charge on any atom is 0.390 e. The summed E-state index contributed by atoms with van der Waals surface area (Å²) >= 11 is 0. The predicted molar refractivity (Wildman–Crippen MR) is 57.9 cm³/mol. The first-order chi connectivity index (χ1) is 7.29. The fourth-order valence-electron chi connectivity index (χ4n) is 1.24. The van der Waals surface area contributed by atoms with E-state index >= 15 is 0 Å². The molecule has 17 heavy (non-hydrogen) atoms. The van der Waals surface area contributed by atoms with Crippen LogP contribution in [0.4, 0.5) is 18.9 Å². The molecule has 0 unspecified atom stereocenters. The van der Waals surface area contributed by atoms with Gasteiger partial charge in [-0.25, -0.2) is 0 Å². The Balaban J connectivity index is 0.00000256. The van der Waals surface area contributed by atoms with Gasteiger partial charge < -0.3 is 5.73 Å². The third-order valence-corrected chi connectivity index (χ3v) is 1.96. The van der Waals surface area contributed by atoms with Gasteiger partial charge in [-0.15, -0.1) is 12.4 Å². The summed E-state index contributed by atoms with van der Waals surface area (Å²) in [5, 5.41) is 10.4. The second kappa shape index (κ2) is 5.83. The number of nitro groups is 1. The van der Waals surface area contributed by atoms with Crippen molar-refractivity contribution in [3.05, 3.63) is 39.9 Å². The fourth-order valence-corrected chi connectivity index (χ4v) is 1.24. The molecule has 1 rings (SSSR count). The highest BCUT2D eigenvalue weighted by atomic mass is 35.5. The van der Waals surface area contributed by atoms with E-state index in [-0.39, 0.29) is 23.7 Å². The smallest absolute Gasteiger partial charge is 0.324 e. The Morgan fingerprint density at radius 2 is 2.00 bits per heavy atom. The van der Waals surface area contributed by atoms with Crippen molar-refractivity contribution in [1.82, 2.24) is 0 Å². The molecule has 2 N–H and O–H groups in total. The number of nitro benzene ring substituents is 1. The van der Waals surface area contributed by atoms with Crippen LogP contribution in [0, 0.1) is 10.1 Å². The molecule has 1 atom stereocenters. The number of hydrogen-bond acceptors (Lipinski definition) is 3. The number of nitrogens with two attached hydrogens (primary N) is 1. The molecule has 8 heteroatoms. The highest BCUT2D eigenvalue weighted by Gasteiger charge is 2.31. The molecule has 0 amide bonds. The van der Waals surface area contributed by atoms with E-state index in [0.29, 0.717) is 0 Å². The van der Waals surface area contributed by atoms with Gasteiger partial charge in [-0.05, 0) is 5.56 Å². The quantitative estimate of drug-likeness (QED) is 0.678. The number of non-ortho nitro benzene ring substituents is 1. The first kappa shape index (κ1) is 15.7. The largest absolute Gasteiger partial charge is 0.390 e. The second-order valence-electron chi connectivity index (χ2n) is 3.28. The Labute approximate surface area is 101 Å². The molecule has 0 aliphatic rings. The normalized spacial score (nSPS) is 12.7. The van der Waals surface area contributed by atoms with Crippen LogP contribution >= 0.6 is 12.4 Å². The van der Waals surface area contributed by atoms with Crippen molar-refractivity contribution in [3.8, 4) is 0 Å². The van der Waals surface area contributed by atoms with Gasteiger partial charge in [0.15, 0.2) is 0 Å². The molecule has 1 aromatic carbocycles. The van der Waals surface area contributed by atoms with Crippen molar-refractivity contribution in [2.24, 2.45) is 5.73 Å². The molecule has 0 spiro atoms. The molecule has 0 aliphatic heterocycles. The van der Waals surface area contributed by atoms with Crippen LogP contribution in [0.1, 0.15) is 18.0 Å². The highest BCUT2D eigenvalue weighted by Crippen LogP contribution is 2.29. The Morgan fingerprint density at radius 1 is 1.41 bits per heavy atom. The predicted octanol–water partition coefficient (Wildman–Crippen LogP) is 2.97. The third kappa shape index (κ3) is 5.01.